The van der Waals surface area contributed by atoms with Crippen LogP contribution < -0.4 is 10.0 Å². The first-order valence-electron chi connectivity index (χ1n) is 9.58. The Morgan fingerprint density at radius 1 is 1.10 bits per heavy atom. The fourth-order valence-corrected chi connectivity index (χ4v) is 4.45. The molecule has 0 aromatic heterocycles. The van der Waals surface area contributed by atoms with Gasteiger partial charge in [0.1, 0.15) is 0 Å². The van der Waals surface area contributed by atoms with Crippen LogP contribution in [-0.4, -0.2) is 32.0 Å². The summed E-state index contributed by atoms with van der Waals surface area (Å²) in [5, 5.41) is 3.54. The van der Waals surface area contributed by atoms with Crippen molar-refractivity contribution in [2.75, 3.05) is 11.9 Å². The van der Waals surface area contributed by atoms with Crippen LogP contribution >= 0.6 is 23.8 Å². The monoisotopic (exact) mass is 468 g/mol. The lowest BCUT2D eigenvalue weighted by Crippen LogP contribution is -2.42. The first kappa shape index (κ1) is 24.3. The molecule has 0 aliphatic rings. The quantitative estimate of drug-likeness (QED) is 0.398. The maximum absolute atomic E-state index is 12.7. The van der Waals surface area contributed by atoms with Crippen LogP contribution in [-0.2, 0) is 26.0 Å². The Labute approximate surface area is 188 Å². The molecular weight excluding hydrogens is 444 g/mol. The van der Waals surface area contributed by atoms with Gasteiger partial charge in [-0.05, 0) is 55.3 Å². The predicted octanol–water partition coefficient (Wildman–Crippen LogP) is 4.33. The van der Waals surface area contributed by atoms with Crippen molar-refractivity contribution in [3.63, 3.8) is 0 Å². The van der Waals surface area contributed by atoms with Crippen LogP contribution in [0.25, 0.3) is 0 Å². The highest BCUT2D eigenvalue weighted by Gasteiger charge is 2.23. The highest BCUT2D eigenvalue weighted by molar-refractivity contribution is 7.89. The molecule has 0 amide bonds. The van der Waals surface area contributed by atoms with Crippen molar-refractivity contribution in [1.29, 1.82) is 0 Å². The van der Waals surface area contributed by atoms with Gasteiger partial charge in [-0.2, -0.15) is 0 Å². The number of thiocarbonyl (C=S) groups is 1. The lowest BCUT2D eigenvalue weighted by Gasteiger charge is -2.20. The number of benzene rings is 2. The van der Waals surface area contributed by atoms with E-state index in [0.717, 1.165) is 12.0 Å². The Balaban J connectivity index is 2.06. The molecule has 0 saturated carbocycles. The molecule has 0 aliphatic heterocycles. The molecule has 0 radical (unpaired) electrons. The lowest BCUT2D eigenvalue weighted by atomic mass is 10.1. The van der Waals surface area contributed by atoms with Crippen LogP contribution in [0.15, 0.2) is 53.4 Å². The Bertz CT molecular complexity index is 962. The third kappa shape index (κ3) is 7.36. The molecule has 0 fully saturated rings. The maximum atomic E-state index is 12.7. The minimum Gasteiger partial charge on any atom is -0.466 e. The molecule has 0 saturated heterocycles. The summed E-state index contributed by atoms with van der Waals surface area (Å²) in [7, 11) is -3.75. The van der Waals surface area contributed by atoms with E-state index in [0.29, 0.717) is 28.7 Å². The van der Waals surface area contributed by atoms with E-state index in [9.17, 15) is 13.2 Å². The molecule has 2 N–H and O–H groups in total. The van der Waals surface area contributed by atoms with Crippen molar-refractivity contribution < 1.29 is 17.9 Å². The van der Waals surface area contributed by atoms with Crippen LogP contribution in [0, 0.1) is 0 Å². The Kier molecular flexibility index (Phi) is 9.23. The number of carbonyl (C=O) groups excluding carboxylic acids is 1. The van der Waals surface area contributed by atoms with Gasteiger partial charge in [0.05, 0.1) is 29.0 Å². The molecule has 162 valence electrons. The minimum absolute atomic E-state index is 0.124. The summed E-state index contributed by atoms with van der Waals surface area (Å²) >= 11 is 11.3. The van der Waals surface area contributed by atoms with Gasteiger partial charge in [-0.15, -0.1) is 0 Å². The van der Waals surface area contributed by atoms with E-state index in [2.05, 4.69) is 10.0 Å². The third-order valence-corrected chi connectivity index (χ3v) is 6.32. The zero-order chi connectivity index (χ0) is 22.1. The van der Waals surface area contributed by atoms with Gasteiger partial charge in [-0.1, -0.05) is 49.3 Å². The largest absolute Gasteiger partial charge is 0.466 e. The normalized spacial score (nSPS) is 12.2. The number of esters is 1. The molecule has 0 aliphatic carbocycles. The van der Waals surface area contributed by atoms with Crippen molar-refractivity contribution in [1.82, 2.24) is 4.72 Å². The fraction of sp³-hybridized carbons (Fsp3) is 0.333. The molecule has 2 rings (SSSR count). The second-order valence-electron chi connectivity index (χ2n) is 6.58. The number of anilines is 1. The van der Waals surface area contributed by atoms with Crippen LogP contribution in [0.5, 0.6) is 0 Å². The van der Waals surface area contributed by atoms with E-state index in [1.807, 2.05) is 6.92 Å². The second-order valence-corrected chi connectivity index (χ2v) is 9.17. The van der Waals surface area contributed by atoms with E-state index in [-0.39, 0.29) is 17.3 Å². The van der Waals surface area contributed by atoms with Gasteiger partial charge in [0, 0.05) is 10.7 Å². The molecule has 6 nitrogen and oxygen atoms in total. The summed E-state index contributed by atoms with van der Waals surface area (Å²) in [6.45, 7) is 4.06. The van der Waals surface area contributed by atoms with Crippen molar-refractivity contribution in [2.24, 2.45) is 0 Å². The Hall–Kier alpha value is -2.00. The summed E-state index contributed by atoms with van der Waals surface area (Å²) in [5.41, 5.74) is 1.53. The molecule has 2 aromatic carbocycles. The first-order chi connectivity index (χ1) is 14.2. The summed E-state index contributed by atoms with van der Waals surface area (Å²) in [4.78, 5) is 12.1. The number of ether oxygens (including phenoxy) is 1. The zero-order valence-corrected chi connectivity index (χ0v) is 19.2. The Morgan fingerprint density at radius 3 is 2.30 bits per heavy atom. The summed E-state index contributed by atoms with van der Waals surface area (Å²) < 4.78 is 33.0. The minimum atomic E-state index is -3.75. The molecule has 1 unspecified atom stereocenters. The molecule has 2 aromatic rings. The van der Waals surface area contributed by atoms with Crippen molar-refractivity contribution >= 4 is 50.5 Å². The lowest BCUT2D eigenvalue weighted by molar-refractivity contribution is -0.142. The summed E-state index contributed by atoms with van der Waals surface area (Å²) in [5.74, 6) is -0.284. The maximum Gasteiger partial charge on any atom is 0.310 e. The highest BCUT2D eigenvalue weighted by Crippen LogP contribution is 2.17. The second kappa shape index (κ2) is 11.4. The number of halogens is 1. The predicted molar refractivity (Wildman–Crippen MR) is 123 cm³/mol. The van der Waals surface area contributed by atoms with Crippen LogP contribution in [0.4, 0.5) is 5.69 Å². The van der Waals surface area contributed by atoms with Gasteiger partial charge in [-0.3, -0.25) is 4.79 Å². The smallest absolute Gasteiger partial charge is 0.310 e. The van der Waals surface area contributed by atoms with Crippen molar-refractivity contribution in [2.45, 2.75) is 44.0 Å². The van der Waals surface area contributed by atoms with Gasteiger partial charge in [0.25, 0.3) is 0 Å². The number of rotatable bonds is 10. The van der Waals surface area contributed by atoms with Gasteiger partial charge < -0.3 is 10.1 Å². The number of hydrogen-bond donors (Lipinski definition) is 2. The number of nitrogens with one attached hydrogen (secondary N) is 2. The van der Waals surface area contributed by atoms with E-state index in [1.165, 1.54) is 24.3 Å². The van der Waals surface area contributed by atoms with E-state index in [1.54, 1.807) is 31.2 Å². The molecule has 0 bridgehead atoms. The average Bonchev–Trinajstić information content (AvgIpc) is 2.69. The molecule has 0 spiro atoms. The van der Waals surface area contributed by atoms with E-state index in [4.69, 9.17) is 28.6 Å². The molecule has 30 heavy (non-hydrogen) atoms. The van der Waals surface area contributed by atoms with Crippen molar-refractivity contribution in [3.8, 4) is 0 Å². The zero-order valence-electron chi connectivity index (χ0n) is 16.9. The summed E-state index contributed by atoms with van der Waals surface area (Å²) in [6, 6.07) is 12.6. The van der Waals surface area contributed by atoms with Crippen LogP contribution in [0.2, 0.25) is 5.02 Å². The first-order valence-corrected chi connectivity index (χ1v) is 11.9. The highest BCUT2D eigenvalue weighted by atomic mass is 35.5. The van der Waals surface area contributed by atoms with Crippen molar-refractivity contribution in [3.05, 3.63) is 59.1 Å². The van der Waals surface area contributed by atoms with E-state index < -0.39 is 16.1 Å². The van der Waals surface area contributed by atoms with E-state index >= 15 is 0 Å². The number of hydrogen-bond acceptors (Lipinski definition) is 5. The molecule has 9 heteroatoms. The van der Waals surface area contributed by atoms with Gasteiger partial charge in [0.2, 0.25) is 10.0 Å². The molecule has 0 heterocycles. The Morgan fingerprint density at radius 2 is 1.73 bits per heavy atom. The van der Waals surface area contributed by atoms with Crippen LogP contribution in [0.1, 0.15) is 32.3 Å². The number of carbonyl (C=O) groups is 1. The van der Waals surface area contributed by atoms with Gasteiger partial charge in [-0.25, -0.2) is 13.1 Å². The van der Waals surface area contributed by atoms with Crippen LogP contribution in [0.3, 0.4) is 0 Å². The SMILES string of the molecule is CCCC(NS(=O)(=O)c1ccc(Cl)cc1)C(=S)Nc1ccc(CC(=O)OCC)cc1. The van der Waals surface area contributed by atoms with Gasteiger partial charge >= 0.3 is 5.97 Å². The summed E-state index contributed by atoms with van der Waals surface area (Å²) in [6.07, 6.45) is 1.48. The topological polar surface area (TPSA) is 84.5 Å². The number of sulfonamides is 1. The molecular formula is C21H25ClN2O4S2. The van der Waals surface area contributed by atoms with Gasteiger partial charge in [0.15, 0.2) is 0 Å². The average molecular weight is 469 g/mol. The fourth-order valence-electron chi connectivity index (χ4n) is 2.72. The third-order valence-electron chi connectivity index (χ3n) is 4.19. The standard InChI is InChI=1S/C21H25ClN2O4S2/c1-3-5-19(24-30(26,27)18-12-8-16(22)9-13-18)21(29)23-17-10-6-15(7-11-17)14-20(25)28-4-2/h6-13,19,24H,3-5,14H2,1-2H3,(H,23,29). The molecule has 1 atom stereocenters.